The molecule has 0 amide bonds. The van der Waals surface area contributed by atoms with Gasteiger partial charge in [-0.1, -0.05) is 11.6 Å². The van der Waals surface area contributed by atoms with Gasteiger partial charge in [0.15, 0.2) is 21.3 Å². The maximum Gasteiger partial charge on any atom is 0.178 e. The van der Waals surface area contributed by atoms with Gasteiger partial charge in [0.1, 0.15) is 4.47 Å². The summed E-state index contributed by atoms with van der Waals surface area (Å²) in [5, 5.41) is 8.77. The van der Waals surface area contributed by atoms with Gasteiger partial charge >= 0.3 is 0 Å². The lowest BCUT2D eigenvalue weighted by atomic mass is 10.4. The SMILES string of the molecule is Oc1c(Br)nc(Cl)c(F)c1Br. The van der Waals surface area contributed by atoms with Gasteiger partial charge in [0.05, 0.1) is 0 Å². The largest absolute Gasteiger partial charge is 0.504 e. The molecule has 0 aliphatic carbocycles. The summed E-state index contributed by atoms with van der Waals surface area (Å²) in [5.74, 6) is -1.07. The van der Waals surface area contributed by atoms with E-state index in [1.165, 1.54) is 0 Å². The normalized spacial score (nSPS) is 10.2. The summed E-state index contributed by atoms with van der Waals surface area (Å²) < 4.78 is 12.8. The molecule has 0 atom stereocenters. The zero-order chi connectivity index (χ0) is 8.59. The minimum atomic E-state index is -0.771. The number of hydrogen-bond acceptors (Lipinski definition) is 2. The van der Waals surface area contributed by atoms with E-state index in [9.17, 15) is 4.39 Å². The maximum absolute atomic E-state index is 12.7. The van der Waals surface area contributed by atoms with Gasteiger partial charge in [-0.2, -0.15) is 0 Å². The van der Waals surface area contributed by atoms with Gasteiger partial charge in [0.2, 0.25) is 0 Å². The Morgan fingerprint density at radius 1 is 1.45 bits per heavy atom. The average Bonchev–Trinajstić information content (AvgIpc) is 1.97. The summed E-state index contributed by atoms with van der Waals surface area (Å²) in [6, 6.07) is 0. The highest BCUT2D eigenvalue weighted by atomic mass is 79.9. The van der Waals surface area contributed by atoms with E-state index < -0.39 is 5.82 Å². The highest BCUT2D eigenvalue weighted by Gasteiger charge is 2.14. The highest BCUT2D eigenvalue weighted by Crippen LogP contribution is 2.35. The van der Waals surface area contributed by atoms with Crippen LogP contribution in [-0.4, -0.2) is 10.1 Å². The van der Waals surface area contributed by atoms with E-state index in [0.29, 0.717) is 0 Å². The molecule has 0 fully saturated rings. The van der Waals surface area contributed by atoms with Gasteiger partial charge in [0, 0.05) is 0 Å². The smallest absolute Gasteiger partial charge is 0.178 e. The van der Waals surface area contributed by atoms with Crippen LogP contribution in [0.5, 0.6) is 5.75 Å². The lowest BCUT2D eigenvalue weighted by Gasteiger charge is -2.01. The fourth-order valence-electron chi connectivity index (χ4n) is 0.473. The fourth-order valence-corrected chi connectivity index (χ4v) is 1.89. The molecule has 60 valence electrons. The molecule has 0 bridgehead atoms. The van der Waals surface area contributed by atoms with Crippen molar-refractivity contribution >= 4 is 43.5 Å². The molecule has 0 aromatic carbocycles. The van der Waals surface area contributed by atoms with Crippen LogP contribution in [0.15, 0.2) is 9.08 Å². The predicted molar refractivity (Wildman–Crippen MR) is 46.3 cm³/mol. The maximum atomic E-state index is 12.7. The summed E-state index contributed by atoms with van der Waals surface area (Å²) in [5.41, 5.74) is 0. The van der Waals surface area contributed by atoms with E-state index in [1.807, 2.05) is 0 Å². The van der Waals surface area contributed by atoms with Crippen molar-refractivity contribution < 1.29 is 9.50 Å². The Kier molecular flexibility index (Phi) is 2.72. The van der Waals surface area contributed by atoms with Crippen LogP contribution in [0.4, 0.5) is 4.39 Å². The predicted octanol–water partition coefficient (Wildman–Crippen LogP) is 3.10. The molecule has 0 radical (unpaired) electrons. The molecular formula is C5HBr2ClFNO. The van der Waals surface area contributed by atoms with E-state index in [0.717, 1.165) is 0 Å². The summed E-state index contributed by atoms with van der Waals surface area (Å²) >= 11 is 11.0. The van der Waals surface area contributed by atoms with E-state index in [1.54, 1.807) is 0 Å². The first-order valence-corrected chi connectivity index (χ1v) is 4.39. The van der Waals surface area contributed by atoms with Crippen molar-refractivity contribution in [2.45, 2.75) is 0 Å². The van der Waals surface area contributed by atoms with Gasteiger partial charge < -0.3 is 5.11 Å². The van der Waals surface area contributed by atoms with Crippen molar-refractivity contribution in [3.63, 3.8) is 0 Å². The number of aromatic nitrogens is 1. The minimum Gasteiger partial charge on any atom is -0.504 e. The van der Waals surface area contributed by atoms with Crippen molar-refractivity contribution in [3.05, 3.63) is 20.0 Å². The third-order valence-electron chi connectivity index (χ3n) is 0.973. The van der Waals surface area contributed by atoms with Crippen LogP contribution in [0.1, 0.15) is 0 Å². The quantitative estimate of drug-likeness (QED) is 0.747. The second-order valence-electron chi connectivity index (χ2n) is 1.67. The van der Waals surface area contributed by atoms with Crippen LogP contribution < -0.4 is 0 Å². The second kappa shape index (κ2) is 3.25. The Labute approximate surface area is 83.6 Å². The minimum absolute atomic E-state index is 0.0932. The summed E-state index contributed by atoms with van der Waals surface area (Å²) in [6.07, 6.45) is 0. The number of rotatable bonds is 0. The Bertz CT molecular complexity index is 281. The summed E-state index contributed by atoms with van der Waals surface area (Å²) in [4.78, 5) is 3.46. The standard InChI is InChI=1S/C5HBr2ClFNO/c6-1-2(9)5(8)10-4(7)3(1)11/h11H. The second-order valence-corrected chi connectivity index (χ2v) is 3.57. The number of nitrogens with zero attached hydrogens (tertiary/aromatic N) is 1. The fraction of sp³-hybridized carbons (Fsp3) is 0. The monoisotopic (exact) mass is 303 g/mol. The first kappa shape index (κ1) is 9.22. The topological polar surface area (TPSA) is 33.1 Å². The van der Waals surface area contributed by atoms with Crippen molar-refractivity contribution in [2.24, 2.45) is 0 Å². The molecule has 1 heterocycles. The molecule has 1 aromatic heterocycles. The Hall–Kier alpha value is 0.130. The molecule has 11 heavy (non-hydrogen) atoms. The van der Waals surface area contributed by atoms with Gasteiger partial charge in [-0.05, 0) is 31.9 Å². The first-order valence-electron chi connectivity index (χ1n) is 2.43. The molecule has 0 aliphatic rings. The summed E-state index contributed by atoms with van der Waals surface area (Å²) in [7, 11) is 0. The molecule has 1 rings (SSSR count). The molecular weight excluding hydrogens is 304 g/mol. The number of aromatic hydroxyl groups is 1. The van der Waals surface area contributed by atoms with Gasteiger partial charge in [-0.15, -0.1) is 0 Å². The van der Waals surface area contributed by atoms with Crippen molar-refractivity contribution in [1.82, 2.24) is 4.98 Å². The van der Waals surface area contributed by atoms with Crippen LogP contribution in [0.25, 0.3) is 0 Å². The lowest BCUT2D eigenvalue weighted by Crippen LogP contribution is -1.86. The zero-order valence-corrected chi connectivity index (χ0v) is 8.83. The summed E-state index contributed by atoms with van der Waals surface area (Å²) in [6.45, 7) is 0. The molecule has 0 saturated carbocycles. The van der Waals surface area contributed by atoms with Crippen molar-refractivity contribution in [1.29, 1.82) is 0 Å². The van der Waals surface area contributed by atoms with Crippen LogP contribution in [-0.2, 0) is 0 Å². The molecule has 1 aromatic rings. The van der Waals surface area contributed by atoms with E-state index in [-0.39, 0.29) is 20.0 Å². The van der Waals surface area contributed by atoms with Crippen LogP contribution in [0, 0.1) is 5.82 Å². The van der Waals surface area contributed by atoms with Crippen molar-refractivity contribution in [3.8, 4) is 5.75 Å². The van der Waals surface area contributed by atoms with E-state index in [4.69, 9.17) is 16.7 Å². The molecule has 6 heteroatoms. The zero-order valence-electron chi connectivity index (χ0n) is 4.91. The number of hydrogen-bond donors (Lipinski definition) is 1. The number of halogens is 4. The Balaban J connectivity index is 3.46. The molecule has 1 N–H and O–H groups in total. The highest BCUT2D eigenvalue weighted by molar-refractivity contribution is 9.11. The van der Waals surface area contributed by atoms with Gasteiger partial charge in [-0.3, -0.25) is 0 Å². The lowest BCUT2D eigenvalue weighted by molar-refractivity contribution is 0.456. The van der Waals surface area contributed by atoms with E-state index in [2.05, 4.69) is 36.8 Å². The Morgan fingerprint density at radius 3 is 2.55 bits per heavy atom. The average molecular weight is 305 g/mol. The van der Waals surface area contributed by atoms with Gasteiger partial charge in [-0.25, -0.2) is 9.37 Å². The van der Waals surface area contributed by atoms with E-state index >= 15 is 0 Å². The molecule has 0 saturated heterocycles. The van der Waals surface area contributed by atoms with Crippen molar-refractivity contribution in [2.75, 3.05) is 0 Å². The van der Waals surface area contributed by atoms with Gasteiger partial charge in [0.25, 0.3) is 0 Å². The number of pyridine rings is 1. The van der Waals surface area contributed by atoms with Crippen LogP contribution in [0.2, 0.25) is 5.15 Å². The van der Waals surface area contributed by atoms with Crippen LogP contribution in [0.3, 0.4) is 0 Å². The molecule has 0 spiro atoms. The van der Waals surface area contributed by atoms with Crippen LogP contribution >= 0.6 is 43.5 Å². The third kappa shape index (κ3) is 1.65. The molecule has 2 nitrogen and oxygen atoms in total. The Morgan fingerprint density at radius 2 is 2.00 bits per heavy atom. The molecule has 0 unspecified atom stereocenters. The third-order valence-corrected chi connectivity index (χ3v) is 2.50. The first-order chi connectivity index (χ1) is 5.04. The molecule has 0 aliphatic heterocycles.